The molecule has 0 fully saturated rings. The fourth-order valence-electron chi connectivity index (χ4n) is 1.82. The highest BCUT2D eigenvalue weighted by Crippen LogP contribution is 2.26. The molecule has 1 aromatic heterocycles. The van der Waals surface area contributed by atoms with Gasteiger partial charge >= 0.3 is 0 Å². The summed E-state index contributed by atoms with van der Waals surface area (Å²) in [6, 6.07) is 9.82. The quantitative estimate of drug-likeness (QED) is 0.916. The van der Waals surface area contributed by atoms with Crippen molar-refractivity contribution in [1.29, 1.82) is 0 Å². The summed E-state index contributed by atoms with van der Waals surface area (Å²) in [7, 11) is 1.67. The maximum absolute atomic E-state index is 6.10. The van der Waals surface area contributed by atoms with Gasteiger partial charge in [0.1, 0.15) is 11.5 Å². The van der Waals surface area contributed by atoms with Crippen molar-refractivity contribution in [2.75, 3.05) is 7.11 Å². The molecule has 0 aliphatic rings. The lowest BCUT2D eigenvalue weighted by molar-refractivity contribution is 0.414. The third-order valence-corrected chi connectivity index (χ3v) is 3.54. The molecule has 0 saturated carbocycles. The van der Waals surface area contributed by atoms with Crippen LogP contribution in [0.1, 0.15) is 23.8 Å². The number of furan rings is 1. The number of halogens is 1. The Bertz CT molecular complexity index is 493. The number of nitrogens with two attached hydrogens (primary N) is 1. The van der Waals surface area contributed by atoms with E-state index in [0.717, 1.165) is 28.8 Å². The smallest absolute Gasteiger partial charge is 0.134 e. The zero-order valence-electron chi connectivity index (χ0n) is 10.2. The predicted molar refractivity (Wildman–Crippen MR) is 74.7 cm³/mol. The molecule has 18 heavy (non-hydrogen) atoms. The van der Waals surface area contributed by atoms with Crippen molar-refractivity contribution in [3.63, 3.8) is 0 Å². The summed E-state index contributed by atoms with van der Waals surface area (Å²) in [5, 5.41) is 0. The van der Waals surface area contributed by atoms with Gasteiger partial charge in [0, 0.05) is 0 Å². The minimum absolute atomic E-state index is 0.0866. The van der Waals surface area contributed by atoms with E-state index in [4.69, 9.17) is 14.9 Å². The molecule has 3 nitrogen and oxygen atoms in total. The molecule has 1 atom stereocenters. The summed E-state index contributed by atoms with van der Waals surface area (Å²) in [5.74, 6) is 1.68. The number of rotatable bonds is 5. The highest BCUT2D eigenvalue weighted by atomic mass is 79.9. The molecule has 4 heteroatoms. The van der Waals surface area contributed by atoms with E-state index in [1.165, 1.54) is 5.56 Å². The first-order valence-electron chi connectivity index (χ1n) is 5.82. The van der Waals surface area contributed by atoms with Crippen LogP contribution in [0.2, 0.25) is 0 Å². The third-order valence-electron chi connectivity index (χ3n) is 2.88. The van der Waals surface area contributed by atoms with Gasteiger partial charge in [-0.15, -0.1) is 0 Å². The monoisotopic (exact) mass is 309 g/mol. The average Bonchev–Trinajstić information content (AvgIpc) is 2.83. The fraction of sp³-hybridized carbons (Fsp3) is 0.286. The molecule has 1 heterocycles. The van der Waals surface area contributed by atoms with Gasteiger partial charge in [-0.1, -0.05) is 12.1 Å². The Morgan fingerprint density at radius 2 is 2.00 bits per heavy atom. The van der Waals surface area contributed by atoms with Gasteiger partial charge in [0.15, 0.2) is 0 Å². The highest BCUT2D eigenvalue weighted by Gasteiger charge is 2.13. The molecule has 2 aromatic rings. The fourth-order valence-corrected chi connectivity index (χ4v) is 2.31. The average molecular weight is 310 g/mol. The summed E-state index contributed by atoms with van der Waals surface area (Å²) in [6.45, 7) is 0. The van der Waals surface area contributed by atoms with Gasteiger partial charge in [0.2, 0.25) is 0 Å². The number of hydrogen-bond donors (Lipinski definition) is 1. The first-order valence-corrected chi connectivity index (χ1v) is 6.61. The topological polar surface area (TPSA) is 48.4 Å². The molecule has 1 unspecified atom stereocenters. The molecule has 0 amide bonds. The SMILES string of the molecule is COc1ccc(CCC(N)c2occc2Br)cc1. The van der Waals surface area contributed by atoms with Gasteiger partial charge < -0.3 is 14.9 Å². The lowest BCUT2D eigenvalue weighted by atomic mass is 10.0. The lowest BCUT2D eigenvalue weighted by Crippen LogP contribution is -2.10. The van der Waals surface area contributed by atoms with Gasteiger partial charge in [-0.25, -0.2) is 0 Å². The lowest BCUT2D eigenvalue weighted by Gasteiger charge is -2.09. The van der Waals surface area contributed by atoms with E-state index >= 15 is 0 Å². The van der Waals surface area contributed by atoms with Gasteiger partial charge in [-0.3, -0.25) is 0 Å². The van der Waals surface area contributed by atoms with E-state index in [1.807, 2.05) is 18.2 Å². The minimum atomic E-state index is -0.0866. The molecule has 96 valence electrons. The van der Waals surface area contributed by atoms with Crippen LogP contribution < -0.4 is 10.5 Å². The largest absolute Gasteiger partial charge is 0.497 e. The molecule has 1 aromatic carbocycles. The number of aryl methyl sites for hydroxylation is 1. The third kappa shape index (κ3) is 3.15. The van der Waals surface area contributed by atoms with Gasteiger partial charge in [-0.2, -0.15) is 0 Å². The second-order valence-corrected chi connectivity index (χ2v) is 4.98. The van der Waals surface area contributed by atoms with Crippen LogP contribution in [0.25, 0.3) is 0 Å². The van der Waals surface area contributed by atoms with Crippen LogP contribution in [-0.2, 0) is 6.42 Å². The predicted octanol–water partition coefficient (Wildman–Crippen LogP) is 3.68. The first-order chi connectivity index (χ1) is 8.70. The maximum atomic E-state index is 6.10. The van der Waals surface area contributed by atoms with Crippen molar-refractivity contribution in [3.8, 4) is 5.75 Å². The summed E-state index contributed by atoms with van der Waals surface area (Å²) >= 11 is 3.42. The van der Waals surface area contributed by atoms with E-state index in [9.17, 15) is 0 Å². The summed E-state index contributed by atoms with van der Waals surface area (Å²) in [5.41, 5.74) is 7.34. The normalized spacial score (nSPS) is 12.4. The molecule has 0 saturated heterocycles. The molecule has 2 N–H and O–H groups in total. The number of methoxy groups -OCH3 is 1. The standard InChI is InChI=1S/C14H16BrNO2/c1-17-11-5-2-10(3-6-11)4-7-13(16)14-12(15)8-9-18-14/h2-3,5-6,8-9,13H,4,7,16H2,1H3. The molecule has 2 rings (SSSR count). The first kappa shape index (κ1) is 13.2. The Hall–Kier alpha value is -1.26. The molecule has 0 aliphatic carbocycles. The Morgan fingerprint density at radius 3 is 2.56 bits per heavy atom. The highest BCUT2D eigenvalue weighted by molar-refractivity contribution is 9.10. The van der Waals surface area contributed by atoms with Crippen LogP contribution >= 0.6 is 15.9 Å². The zero-order chi connectivity index (χ0) is 13.0. The van der Waals surface area contributed by atoms with Crippen LogP contribution in [0.5, 0.6) is 5.75 Å². The van der Waals surface area contributed by atoms with Gasteiger partial charge in [0.05, 0.1) is 23.9 Å². The summed E-state index contributed by atoms with van der Waals surface area (Å²) < 4.78 is 11.4. The Morgan fingerprint density at radius 1 is 1.28 bits per heavy atom. The van der Waals surface area contributed by atoms with Crippen molar-refractivity contribution in [2.24, 2.45) is 5.73 Å². The number of benzene rings is 1. The van der Waals surface area contributed by atoms with E-state index in [-0.39, 0.29) is 6.04 Å². The van der Waals surface area contributed by atoms with E-state index < -0.39 is 0 Å². The van der Waals surface area contributed by atoms with E-state index in [0.29, 0.717) is 0 Å². The van der Waals surface area contributed by atoms with Gasteiger partial charge in [-0.05, 0) is 52.5 Å². The van der Waals surface area contributed by atoms with Crippen molar-refractivity contribution in [3.05, 3.63) is 52.4 Å². The van der Waals surface area contributed by atoms with Crippen LogP contribution in [0, 0.1) is 0 Å². The molecule has 0 spiro atoms. The summed E-state index contributed by atoms with van der Waals surface area (Å²) in [4.78, 5) is 0. The van der Waals surface area contributed by atoms with Crippen LogP contribution in [0.3, 0.4) is 0 Å². The van der Waals surface area contributed by atoms with Crippen LogP contribution in [0.4, 0.5) is 0 Å². The van der Waals surface area contributed by atoms with Crippen LogP contribution in [0.15, 0.2) is 45.5 Å². The molecule has 0 aliphatic heterocycles. The molecular formula is C14H16BrNO2. The zero-order valence-corrected chi connectivity index (χ0v) is 11.8. The van der Waals surface area contributed by atoms with E-state index in [2.05, 4.69) is 28.1 Å². The van der Waals surface area contributed by atoms with Crippen molar-refractivity contribution in [2.45, 2.75) is 18.9 Å². The van der Waals surface area contributed by atoms with E-state index in [1.54, 1.807) is 13.4 Å². The number of hydrogen-bond acceptors (Lipinski definition) is 3. The van der Waals surface area contributed by atoms with Gasteiger partial charge in [0.25, 0.3) is 0 Å². The second-order valence-electron chi connectivity index (χ2n) is 4.13. The second kappa shape index (κ2) is 6.07. The van der Waals surface area contributed by atoms with Crippen LogP contribution in [-0.4, -0.2) is 7.11 Å². The van der Waals surface area contributed by atoms with Crippen molar-refractivity contribution in [1.82, 2.24) is 0 Å². The van der Waals surface area contributed by atoms with Crippen molar-refractivity contribution < 1.29 is 9.15 Å². The maximum Gasteiger partial charge on any atom is 0.134 e. The summed E-state index contributed by atoms with van der Waals surface area (Å²) in [6.07, 6.45) is 3.41. The minimum Gasteiger partial charge on any atom is -0.497 e. The Balaban J connectivity index is 1.93. The number of ether oxygens (including phenoxy) is 1. The Labute approximate surface area is 115 Å². The molecular weight excluding hydrogens is 294 g/mol. The molecule has 0 bridgehead atoms. The Kier molecular flexibility index (Phi) is 4.44. The molecule has 0 radical (unpaired) electrons. The van der Waals surface area contributed by atoms with Crippen molar-refractivity contribution >= 4 is 15.9 Å².